The molecule has 0 spiro atoms. The van der Waals surface area contributed by atoms with Crippen molar-refractivity contribution < 1.29 is 14.1 Å². The van der Waals surface area contributed by atoms with E-state index < -0.39 is 0 Å². The number of nitrogens with zero attached hydrogens (tertiary/aromatic N) is 1. The van der Waals surface area contributed by atoms with Crippen LogP contribution in [-0.2, 0) is 16.1 Å². The van der Waals surface area contributed by atoms with Gasteiger partial charge in [0.25, 0.3) is 5.82 Å². The highest BCUT2D eigenvalue weighted by molar-refractivity contribution is 5.68. The second-order valence-corrected chi connectivity index (χ2v) is 7.34. The fourth-order valence-corrected chi connectivity index (χ4v) is 4.28. The molecular formula is C17H25N2O2+. The minimum atomic E-state index is -0.188. The second kappa shape index (κ2) is 4.72. The number of fused-ring (bicyclic) bond motifs is 2. The van der Waals surface area contributed by atoms with Crippen LogP contribution in [0.25, 0.3) is 0 Å². The van der Waals surface area contributed by atoms with E-state index in [1.807, 2.05) is 18.3 Å². The summed E-state index contributed by atoms with van der Waals surface area (Å²) in [4.78, 5) is 12.3. The molecule has 114 valence electrons. The van der Waals surface area contributed by atoms with Crippen LogP contribution < -0.4 is 10.3 Å². The number of hydrogen-bond acceptors (Lipinski definition) is 3. The van der Waals surface area contributed by atoms with Gasteiger partial charge >= 0.3 is 5.97 Å². The standard InChI is InChI=1S/C17H24N2O2/c1-16(2)12-7-8-17(16,3)13(10-12)21-15(20)11-19-9-5-4-6-14(19)18/h4-6,9,12-13,18H,7-8,10-11H2,1-3H3/p+1/t12-,13+,17+/m0/s1. The van der Waals surface area contributed by atoms with Crippen molar-refractivity contribution in [1.29, 1.82) is 0 Å². The van der Waals surface area contributed by atoms with E-state index in [2.05, 4.69) is 20.8 Å². The van der Waals surface area contributed by atoms with E-state index in [9.17, 15) is 4.79 Å². The van der Waals surface area contributed by atoms with Gasteiger partial charge in [0, 0.05) is 11.5 Å². The van der Waals surface area contributed by atoms with E-state index in [1.165, 1.54) is 6.42 Å². The van der Waals surface area contributed by atoms with E-state index >= 15 is 0 Å². The molecule has 2 bridgehead atoms. The topological polar surface area (TPSA) is 56.2 Å². The molecule has 3 atom stereocenters. The Morgan fingerprint density at radius 3 is 2.76 bits per heavy atom. The summed E-state index contributed by atoms with van der Waals surface area (Å²) in [6, 6.07) is 5.51. The van der Waals surface area contributed by atoms with Gasteiger partial charge in [-0.2, -0.15) is 0 Å². The lowest BCUT2D eigenvalue weighted by molar-refractivity contribution is -0.671. The van der Waals surface area contributed by atoms with Crippen molar-refractivity contribution >= 4 is 11.8 Å². The van der Waals surface area contributed by atoms with Crippen LogP contribution in [-0.4, -0.2) is 12.1 Å². The Morgan fingerprint density at radius 1 is 1.43 bits per heavy atom. The van der Waals surface area contributed by atoms with Gasteiger partial charge in [-0.1, -0.05) is 26.8 Å². The predicted octanol–water partition coefficient (Wildman–Crippen LogP) is 2.31. The molecule has 1 aromatic rings. The van der Waals surface area contributed by atoms with Crippen LogP contribution in [0.3, 0.4) is 0 Å². The van der Waals surface area contributed by atoms with Gasteiger partial charge in [-0.05, 0) is 36.7 Å². The molecule has 0 saturated heterocycles. The number of hydrogen-bond donors (Lipinski definition) is 1. The zero-order valence-electron chi connectivity index (χ0n) is 13.1. The molecule has 0 amide bonds. The van der Waals surface area contributed by atoms with Crippen LogP contribution in [0, 0.1) is 16.7 Å². The molecule has 2 fully saturated rings. The molecule has 21 heavy (non-hydrogen) atoms. The normalized spacial score (nSPS) is 33.1. The van der Waals surface area contributed by atoms with Crippen LogP contribution in [0.1, 0.15) is 40.0 Å². The van der Waals surface area contributed by atoms with Gasteiger partial charge in [-0.25, -0.2) is 9.36 Å². The summed E-state index contributed by atoms with van der Waals surface area (Å²) in [7, 11) is 0. The molecule has 0 aliphatic heterocycles. The van der Waals surface area contributed by atoms with Crippen LogP contribution in [0.5, 0.6) is 0 Å². The van der Waals surface area contributed by atoms with Crippen molar-refractivity contribution in [2.45, 2.75) is 52.7 Å². The minimum absolute atomic E-state index is 0.0456. The van der Waals surface area contributed by atoms with Crippen LogP contribution in [0.2, 0.25) is 0 Å². The first-order chi connectivity index (χ1) is 9.84. The first-order valence-electron chi connectivity index (χ1n) is 7.78. The molecule has 2 aliphatic rings. The Kier molecular flexibility index (Phi) is 3.23. The first kappa shape index (κ1) is 14.4. The number of esters is 1. The van der Waals surface area contributed by atoms with E-state index in [0.717, 1.165) is 12.8 Å². The van der Waals surface area contributed by atoms with Crippen LogP contribution in [0.15, 0.2) is 24.4 Å². The molecule has 0 radical (unpaired) electrons. The number of carbonyl (C=O) groups is 1. The van der Waals surface area contributed by atoms with Crippen molar-refractivity contribution in [2.75, 3.05) is 5.73 Å². The van der Waals surface area contributed by atoms with Crippen molar-refractivity contribution in [3.05, 3.63) is 24.4 Å². The van der Waals surface area contributed by atoms with E-state index in [-0.39, 0.29) is 29.4 Å². The molecule has 1 heterocycles. The Hall–Kier alpha value is -1.58. The minimum Gasteiger partial charge on any atom is -0.459 e. The smallest absolute Gasteiger partial charge is 0.348 e. The van der Waals surface area contributed by atoms with Crippen molar-refractivity contribution in [2.24, 2.45) is 16.7 Å². The van der Waals surface area contributed by atoms with Crippen molar-refractivity contribution in [1.82, 2.24) is 0 Å². The Balaban J connectivity index is 1.68. The van der Waals surface area contributed by atoms with Gasteiger partial charge < -0.3 is 4.74 Å². The van der Waals surface area contributed by atoms with Gasteiger partial charge in [0.1, 0.15) is 6.10 Å². The first-order valence-corrected chi connectivity index (χ1v) is 7.78. The third-order valence-electron chi connectivity index (χ3n) is 6.26. The zero-order chi connectivity index (χ0) is 15.3. The summed E-state index contributed by atoms with van der Waals surface area (Å²) >= 11 is 0. The van der Waals surface area contributed by atoms with Crippen molar-refractivity contribution in [3.8, 4) is 0 Å². The number of rotatable bonds is 3. The third kappa shape index (κ3) is 2.12. The molecule has 1 aromatic heterocycles. The molecule has 0 aromatic carbocycles. The quantitative estimate of drug-likeness (QED) is 0.686. The highest BCUT2D eigenvalue weighted by atomic mass is 16.5. The third-order valence-corrected chi connectivity index (χ3v) is 6.26. The highest BCUT2D eigenvalue weighted by Crippen LogP contribution is 2.66. The van der Waals surface area contributed by atoms with E-state index in [1.54, 1.807) is 10.6 Å². The molecule has 0 unspecified atom stereocenters. The number of aromatic nitrogens is 1. The molecule has 4 heteroatoms. The van der Waals surface area contributed by atoms with Gasteiger partial charge in [0.2, 0.25) is 0 Å². The Labute approximate surface area is 126 Å². The van der Waals surface area contributed by atoms with Gasteiger partial charge in [-0.15, -0.1) is 0 Å². The predicted molar refractivity (Wildman–Crippen MR) is 80.2 cm³/mol. The van der Waals surface area contributed by atoms with Crippen molar-refractivity contribution in [3.63, 3.8) is 0 Å². The largest absolute Gasteiger partial charge is 0.459 e. The SMILES string of the molecule is CC1(C)[C@H]2CC[C@]1(C)[C@H](OC(=O)C[n+]1ccccc1N)C2. The Bertz CT molecular complexity index is 570. The number of pyridine rings is 1. The lowest BCUT2D eigenvalue weighted by Gasteiger charge is -2.38. The number of anilines is 1. The maximum Gasteiger partial charge on any atom is 0.348 e. The molecule has 2 aliphatic carbocycles. The average molecular weight is 289 g/mol. The Morgan fingerprint density at radius 2 is 2.19 bits per heavy atom. The number of nitrogens with two attached hydrogens (primary N) is 1. The molecule has 2 saturated carbocycles. The number of ether oxygens (including phenoxy) is 1. The van der Waals surface area contributed by atoms with Crippen LogP contribution in [0.4, 0.5) is 5.82 Å². The monoisotopic (exact) mass is 289 g/mol. The zero-order valence-corrected chi connectivity index (χ0v) is 13.1. The maximum atomic E-state index is 12.3. The summed E-state index contributed by atoms with van der Waals surface area (Å²) < 4.78 is 7.55. The highest BCUT2D eigenvalue weighted by Gasteiger charge is 2.62. The number of nitrogen functional groups attached to an aromatic ring is 1. The van der Waals surface area contributed by atoms with E-state index in [4.69, 9.17) is 10.5 Å². The summed E-state index contributed by atoms with van der Waals surface area (Å²) in [6.07, 6.45) is 5.28. The summed E-state index contributed by atoms with van der Waals surface area (Å²) in [5.74, 6) is 1.07. The summed E-state index contributed by atoms with van der Waals surface area (Å²) in [5.41, 5.74) is 6.23. The second-order valence-electron chi connectivity index (χ2n) is 7.34. The average Bonchev–Trinajstić information content (AvgIpc) is 2.74. The number of carbonyl (C=O) groups excluding carboxylic acids is 1. The fraction of sp³-hybridized carbons (Fsp3) is 0.647. The fourth-order valence-electron chi connectivity index (χ4n) is 4.28. The van der Waals surface area contributed by atoms with Gasteiger partial charge in [0.15, 0.2) is 6.54 Å². The lowest BCUT2D eigenvalue weighted by Crippen LogP contribution is -2.44. The molecular weight excluding hydrogens is 264 g/mol. The van der Waals surface area contributed by atoms with Crippen LogP contribution >= 0.6 is 0 Å². The van der Waals surface area contributed by atoms with Gasteiger partial charge in [-0.3, -0.25) is 5.73 Å². The van der Waals surface area contributed by atoms with E-state index in [0.29, 0.717) is 11.7 Å². The summed E-state index contributed by atoms with van der Waals surface area (Å²) in [5, 5.41) is 0. The molecule has 3 rings (SSSR count). The lowest BCUT2D eigenvalue weighted by atomic mass is 9.70. The molecule has 4 nitrogen and oxygen atoms in total. The molecule has 2 N–H and O–H groups in total. The van der Waals surface area contributed by atoms with Gasteiger partial charge in [0.05, 0.1) is 6.20 Å². The summed E-state index contributed by atoms with van der Waals surface area (Å²) in [6.45, 7) is 7.11. The maximum absolute atomic E-state index is 12.3.